The molecule has 2 heteroatoms. The van der Waals surface area contributed by atoms with Gasteiger partial charge in [-0.3, -0.25) is 0 Å². The first-order chi connectivity index (χ1) is 6.16. The average molecular weight is 174 g/mol. The molecule has 0 aliphatic carbocycles. The fraction of sp³-hybridized carbons (Fsp3) is 0.273. The van der Waals surface area contributed by atoms with Gasteiger partial charge < -0.3 is 0 Å². The van der Waals surface area contributed by atoms with Crippen molar-refractivity contribution in [2.24, 2.45) is 5.92 Å². The Morgan fingerprint density at radius 2 is 2.23 bits per heavy atom. The summed E-state index contributed by atoms with van der Waals surface area (Å²) in [5.41, 5.74) is 2.87. The first kappa shape index (κ1) is 9.65. The number of hydrogen-bond acceptors (Lipinski definition) is 2. The second-order valence-electron chi connectivity index (χ2n) is 3.21. The summed E-state index contributed by atoms with van der Waals surface area (Å²) in [6.45, 7) is 11.9. The van der Waals surface area contributed by atoms with Crippen LogP contribution >= 0.6 is 0 Å². The van der Waals surface area contributed by atoms with Gasteiger partial charge in [0, 0.05) is 11.8 Å². The predicted molar refractivity (Wildman–Crippen MR) is 56.0 cm³/mol. The van der Waals surface area contributed by atoms with Gasteiger partial charge in [-0.2, -0.15) is 0 Å². The van der Waals surface area contributed by atoms with Crippen LogP contribution in [-0.2, 0) is 0 Å². The fourth-order valence-corrected chi connectivity index (χ4v) is 1.03. The van der Waals surface area contributed by atoms with Crippen molar-refractivity contribution in [2.75, 3.05) is 0 Å². The Hall–Kier alpha value is -1.44. The molecule has 0 amide bonds. The molecule has 1 rings (SSSR count). The molecule has 0 unspecified atom stereocenters. The third kappa shape index (κ3) is 2.02. The van der Waals surface area contributed by atoms with Crippen LogP contribution in [0, 0.1) is 5.92 Å². The van der Waals surface area contributed by atoms with Crippen molar-refractivity contribution in [3.8, 4) is 0 Å². The molecule has 13 heavy (non-hydrogen) atoms. The van der Waals surface area contributed by atoms with Crippen molar-refractivity contribution in [1.29, 1.82) is 0 Å². The van der Waals surface area contributed by atoms with E-state index in [1.165, 1.54) is 6.33 Å². The molecule has 0 aliphatic heterocycles. The van der Waals surface area contributed by atoms with Crippen LogP contribution in [0.2, 0.25) is 0 Å². The lowest BCUT2D eigenvalue weighted by molar-refractivity contribution is 0.848. The molecule has 0 saturated carbocycles. The first-order valence-corrected chi connectivity index (χ1v) is 4.28. The molecule has 0 bridgehead atoms. The van der Waals surface area contributed by atoms with Gasteiger partial charge in [0.25, 0.3) is 0 Å². The predicted octanol–water partition coefficient (Wildman–Crippen LogP) is 2.79. The normalized spacial score (nSPS) is 10.1. The lowest BCUT2D eigenvalue weighted by Gasteiger charge is -2.10. The summed E-state index contributed by atoms with van der Waals surface area (Å²) in [6.07, 6.45) is 5.04. The molecule has 0 atom stereocenters. The summed E-state index contributed by atoms with van der Waals surface area (Å²) >= 11 is 0. The van der Waals surface area contributed by atoms with E-state index in [1.807, 2.05) is 0 Å². The number of aromatic nitrogens is 2. The molecule has 1 aromatic rings. The molecule has 0 fully saturated rings. The molecule has 68 valence electrons. The van der Waals surface area contributed by atoms with E-state index in [4.69, 9.17) is 0 Å². The van der Waals surface area contributed by atoms with Gasteiger partial charge in [-0.05, 0) is 11.5 Å². The smallest absolute Gasteiger partial charge is 0.116 e. The van der Waals surface area contributed by atoms with Crippen LogP contribution in [0.4, 0.5) is 0 Å². The van der Waals surface area contributed by atoms with Crippen molar-refractivity contribution in [3.05, 3.63) is 36.9 Å². The minimum absolute atomic E-state index is 0.397. The Kier molecular flexibility index (Phi) is 2.96. The maximum atomic E-state index is 4.19. The molecule has 0 aromatic carbocycles. The van der Waals surface area contributed by atoms with Gasteiger partial charge in [0.05, 0.1) is 5.69 Å². The maximum absolute atomic E-state index is 4.19. The Bertz CT molecular complexity index is 327. The highest BCUT2D eigenvalue weighted by molar-refractivity contribution is 5.69. The Morgan fingerprint density at radius 1 is 1.54 bits per heavy atom. The van der Waals surface area contributed by atoms with Gasteiger partial charge in [0.2, 0.25) is 0 Å². The van der Waals surface area contributed by atoms with Gasteiger partial charge in [-0.25, -0.2) is 9.97 Å². The molecule has 0 spiro atoms. The fourth-order valence-electron chi connectivity index (χ4n) is 1.03. The molecule has 0 saturated heterocycles. The summed E-state index contributed by atoms with van der Waals surface area (Å²) < 4.78 is 0. The maximum Gasteiger partial charge on any atom is 0.116 e. The van der Waals surface area contributed by atoms with Crippen LogP contribution in [0.5, 0.6) is 0 Å². The van der Waals surface area contributed by atoms with Crippen LogP contribution in [0.25, 0.3) is 11.6 Å². The molecule has 0 N–H and O–H groups in total. The number of rotatable bonds is 3. The van der Waals surface area contributed by atoms with Crippen LogP contribution in [0.1, 0.15) is 25.1 Å². The molecule has 0 radical (unpaired) electrons. The summed E-state index contributed by atoms with van der Waals surface area (Å²) in [5, 5.41) is 0. The second kappa shape index (κ2) is 3.99. The highest BCUT2D eigenvalue weighted by atomic mass is 14.8. The van der Waals surface area contributed by atoms with Crippen molar-refractivity contribution < 1.29 is 0 Å². The van der Waals surface area contributed by atoms with E-state index in [9.17, 15) is 0 Å². The Labute approximate surface area is 79.0 Å². The van der Waals surface area contributed by atoms with Crippen molar-refractivity contribution in [3.63, 3.8) is 0 Å². The molecule has 1 heterocycles. The Balaban J connectivity index is 3.13. The zero-order chi connectivity index (χ0) is 9.84. The van der Waals surface area contributed by atoms with E-state index in [0.29, 0.717) is 5.92 Å². The lowest BCUT2D eigenvalue weighted by atomic mass is 9.99. The summed E-state index contributed by atoms with van der Waals surface area (Å²) in [4.78, 5) is 8.12. The number of nitrogens with zero attached hydrogens (tertiary/aromatic N) is 2. The standard InChI is InChI=1S/C11H14N2/c1-5-10-6-12-7-13-11(10)9(4)8(2)3/h5-8H,1,4H2,2-3H3. The van der Waals surface area contributed by atoms with Crippen molar-refractivity contribution in [2.45, 2.75) is 13.8 Å². The highest BCUT2D eigenvalue weighted by Crippen LogP contribution is 2.21. The van der Waals surface area contributed by atoms with E-state index in [-0.39, 0.29) is 0 Å². The minimum atomic E-state index is 0.397. The third-order valence-electron chi connectivity index (χ3n) is 1.96. The highest BCUT2D eigenvalue weighted by Gasteiger charge is 2.08. The largest absolute Gasteiger partial charge is 0.244 e. The summed E-state index contributed by atoms with van der Waals surface area (Å²) in [7, 11) is 0. The SMILES string of the molecule is C=Cc1cncnc1C(=C)C(C)C. The monoisotopic (exact) mass is 174 g/mol. The van der Waals surface area contributed by atoms with E-state index in [2.05, 4.69) is 37.0 Å². The van der Waals surface area contributed by atoms with Gasteiger partial charge in [0.15, 0.2) is 0 Å². The minimum Gasteiger partial charge on any atom is -0.244 e. The topological polar surface area (TPSA) is 25.8 Å². The van der Waals surface area contributed by atoms with Crippen molar-refractivity contribution >= 4 is 11.6 Å². The molecular formula is C11H14N2. The zero-order valence-electron chi connectivity index (χ0n) is 8.12. The van der Waals surface area contributed by atoms with Crippen LogP contribution in [0.15, 0.2) is 25.7 Å². The van der Waals surface area contributed by atoms with E-state index in [1.54, 1.807) is 12.3 Å². The molecule has 0 aliphatic rings. The number of hydrogen-bond donors (Lipinski definition) is 0. The van der Waals surface area contributed by atoms with Crippen LogP contribution < -0.4 is 0 Å². The number of allylic oxidation sites excluding steroid dienone is 1. The van der Waals surface area contributed by atoms with E-state index >= 15 is 0 Å². The van der Waals surface area contributed by atoms with Crippen LogP contribution in [-0.4, -0.2) is 9.97 Å². The van der Waals surface area contributed by atoms with Gasteiger partial charge >= 0.3 is 0 Å². The van der Waals surface area contributed by atoms with Crippen molar-refractivity contribution in [1.82, 2.24) is 9.97 Å². The van der Waals surface area contributed by atoms with Gasteiger partial charge in [0.1, 0.15) is 6.33 Å². The van der Waals surface area contributed by atoms with Gasteiger partial charge in [-0.1, -0.05) is 33.1 Å². The quantitative estimate of drug-likeness (QED) is 0.704. The van der Waals surface area contributed by atoms with Gasteiger partial charge in [-0.15, -0.1) is 0 Å². The summed E-state index contributed by atoms with van der Waals surface area (Å²) in [6, 6.07) is 0. The molecule has 2 nitrogen and oxygen atoms in total. The van der Waals surface area contributed by atoms with Crippen LogP contribution in [0.3, 0.4) is 0 Å². The molecular weight excluding hydrogens is 160 g/mol. The van der Waals surface area contributed by atoms with E-state index in [0.717, 1.165) is 16.8 Å². The second-order valence-corrected chi connectivity index (χ2v) is 3.21. The lowest BCUT2D eigenvalue weighted by Crippen LogP contribution is -1.98. The van der Waals surface area contributed by atoms with E-state index < -0.39 is 0 Å². The Morgan fingerprint density at radius 3 is 2.77 bits per heavy atom. The molecule has 1 aromatic heterocycles. The average Bonchev–Trinajstić information content (AvgIpc) is 2.16. The third-order valence-corrected chi connectivity index (χ3v) is 1.96. The zero-order valence-corrected chi connectivity index (χ0v) is 8.12. The first-order valence-electron chi connectivity index (χ1n) is 4.28. The summed E-state index contributed by atoms with van der Waals surface area (Å²) in [5.74, 6) is 0.397.